The lowest BCUT2D eigenvalue weighted by atomic mass is 9.98. The first-order valence-corrected chi connectivity index (χ1v) is 8.07. The minimum Gasteiger partial charge on any atom is -0.493 e. The number of alkyl halides is 3. The lowest BCUT2D eigenvalue weighted by Gasteiger charge is -2.30. The molecule has 0 atom stereocenters. The molecule has 0 aromatic carbocycles. The fraction of sp³-hybridized carbons (Fsp3) is 0.562. The number of halogens is 3. The molecule has 0 bridgehead atoms. The lowest BCUT2D eigenvalue weighted by molar-refractivity contribution is -0.141. The van der Waals surface area contributed by atoms with Gasteiger partial charge in [0.2, 0.25) is 11.8 Å². The fourth-order valence-electron chi connectivity index (χ4n) is 2.77. The molecule has 0 N–H and O–H groups in total. The molecule has 136 valence electrons. The van der Waals surface area contributed by atoms with Gasteiger partial charge in [-0.25, -0.2) is 0 Å². The van der Waals surface area contributed by atoms with E-state index in [1.807, 2.05) is 0 Å². The Balaban J connectivity index is 1.45. The summed E-state index contributed by atoms with van der Waals surface area (Å²) in [5.74, 6) is 1.66. The Morgan fingerprint density at radius 2 is 2.04 bits per heavy atom. The van der Waals surface area contributed by atoms with Gasteiger partial charge in [-0.1, -0.05) is 0 Å². The summed E-state index contributed by atoms with van der Waals surface area (Å²) in [5, 5.41) is 7.79. The molecule has 3 rings (SSSR count). The first-order valence-electron chi connectivity index (χ1n) is 8.07. The van der Waals surface area contributed by atoms with E-state index < -0.39 is 11.9 Å². The van der Waals surface area contributed by atoms with Crippen LogP contribution in [0.1, 0.15) is 30.3 Å². The quantitative estimate of drug-likeness (QED) is 0.820. The van der Waals surface area contributed by atoms with Gasteiger partial charge in [-0.3, -0.25) is 9.88 Å². The second kappa shape index (κ2) is 7.38. The molecule has 2 aromatic rings. The third-order valence-electron chi connectivity index (χ3n) is 4.14. The summed E-state index contributed by atoms with van der Waals surface area (Å²) < 4.78 is 48.8. The smallest absolute Gasteiger partial charge is 0.433 e. The third-order valence-corrected chi connectivity index (χ3v) is 4.14. The van der Waals surface area contributed by atoms with E-state index in [0.717, 1.165) is 38.2 Å². The van der Waals surface area contributed by atoms with Crippen molar-refractivity contribution in [3.05, 3.63) is 35.8 Å². The maximum absolute atomic E-state index is 12.6. The molecule has 9 heteroatoms. The van der Waals surface area contributed by atoms with Gasteiger partial charge >= 0.3 is 6.18 Å². The SMILES string of the molecule is Cc1nnc(CN2CCC(COc3ccnc(C(F)(F)F)c3)CC2)o1. The fourth-order valence-corrected chi connectivity index (χ4v) is 2.77. The van der Waals surface area contributed by atoms with E-state index in [-0.39, 0.29) is 5.75 Å². The Hall–Kier alpha value is -2.16. The number of aromatic nitrogens is 3. The van der Waals surface area contributed by atoms with Crippen LogP contribution in [0.3, 0.4) is 0 Å². The van der Waals surface area contributed by atoms with E-state index in [1.165, 1.54) is 6.07 Å². The molecule has 0 amide bonds. The van der Waals surface area contributed by atoms with Crippen LogP contribution in [0, 0.1) is 12.8 Å². The van der Waals surface area contributed by atoms with Crippen LogP contribution >= 0.6 is 0 Å². The zero-order valence-electron chi connectivity index (χ0n) is 13.8. The molecule has 0 aliphatic carbocycles. The summed E-state index contributed by atoms with van der Waals surface area (Å²) in [6.45, 7) is 4.49. The van der Waals surface area contributed by atoms with Crippen molar-refractivity contribution < 1.29 is 22.3 Å². The number of rotatable bonds is 5. The third kappa shape index (κ3) is 4.91. The Labute approximate surface area is 143 Å². The minimum atomic E-state index is -4.46. The Morgan fingerprint density at radius 1 is 1.28 bits per heavy atom. The van der Waals surface area contributed by atoms with Crippen molar-refractivity contribution in [1.29, 1.82) is 0 Å². The predicted octanol–water partition coefficient (Wildman–Crippen LogP) is 3.08. The Kier molecular flexibility index (Phi) is 5.22. The van der Waals surface area contributed by atoms with Crippen molar-refractivity contribution in [2.45, 2.75) is 32.5 Å². The van der Waals surface area contributed by atoms with Crippen molar-refractivity contribution in [3.63, 3.8) is 0 Å². The molecule has 0 unspecified atom stereocenters. The van der Waals surface area contributed by atoms with Crippen LogP contribution < -0.4 is 4.74 Å². The highest BCUT2D eigenvalue weighted by atomic mass is 19.4. The molecule has 1 saturated heterocycles. The van der Waals surface area contributed by atoms with Gasteiger partial charge in [0.05, 0.1) is 13.2 Å². The van der Waals surface area contributed by atoms with Crippen LogP contribution in [-0.2, 0) is 12.7 Å². The van der Waals surface area contributed by atoms with E-state index in [9.17, 15) is 13.2 Å². The molecule has 3 heterocycles. The summed E-state index contributed by atoms with van der Waals surface area (Å²) in [4.78, 5) is 5.55. The standard InChI is InChI=1S/C16H19F3N4O2/c1-11-21-22-15(25-11)9-23-6-3-12(4-7-23)10-24-13-2-5-20-14(8-13)16(17,18)19/h2,5,8,12H,3-4,6-7,9-10H2,1H3. The topological polar surface area (TPSA) is 64.3 Å². The summed E-state index contributed by atoms with van der Waals surface area (Å²) in [7, 11) is 0. The van der Waals surface area contributed by atoms with Crippen LogP contribution in [0.4, 0.5) is 13.2 Å². The molecule has 1 fully saturated rings. The number of aryl methyl sites for hydroxylation is 1. The zero-order chi connectivity index (χ0) is 17.9. The molecule has 25 heavy (non-hydrogen) atoms. The molecule has 0 radical (unpaired) electrons. The van der Waals surface area contributed by atoms with Gasteiger partial charge in [0.1, 0.15) is 11.4 Å². The number of ether oxygens (including phenoxy) is 1. The van der Waals surface area contributed by atoms with Gasteiger partial charge < -0.3 is 9.15 Å². The second-order valence-corrected chi connectivity index (χ2v) is 6.12. The monoisotopic (exact) mass is 356 g/mol. The number of piperidine rings is 1. The van der Waals surface area contributed by atoms with Crippen molar-refractivity contribution >= 4 is 0 Å². The Bertz CT molecular complexity index is 697. The summed E-state index contributed by atoms with van der Waals surface area (Å²) >= 11 is 0. The average molecular weight is 356 g/mol. The van der Waals surface area contributed by atoms with Crippen molar-refractivity contribution in [3.8, 4) is 5.75 Å². The van der Waals surface area contributed by atoms with Crippen LogP contribution in [-0.4, -0.2) is 39.8 Å². The molecular weight excluding hydrogens is 337 g/mol. The highest BCUT2D eigenvalue weighted by Crippen LogP contribution is 2.29. The van der Waals surface area contributed by atoms with Crippen molar-refractivity contribution in [2.24, 2.45) is 5.92 Å². The average Bonchev–Trinajstić information content (AvgIpc) is 2.99. The molecular formula is C16H19F3N4O2. The van der Waals surface area contributed by atoms with E-state index in [2.05, 4.69) is 20.1 Å². The maximum Gasteiger partial charge on any atom is 0.433 e. The highest BCUT2D eigenvalue weighted by molar-refractivity contribution is 5.24. The first-order chi connectivity index (χ1) is 11.9. The van der Waals surface area contributed by atoms with Gasteiger partial charge in [-0.2, -0.15) is 13.2 Å². The van der Waals surface area contributed by atoms with Crippen LogP contribution in [0.2, 0.25) is 0 Å². The number of likely N-dealkylation sites (tertiary alicyclic amines) is 1. The van der Waals surface area contributed by atoms with E-state index >= 15 is 0 Å². The molecule has 6 nitrogen and oxygen atoms in total. The summed E-state index contributed by atoms with van der Waals surface area (Å²) in [6.07, 6.45) is -1.53. The summed E-state index contributed by atoms with van der Waals surface area (Å²) in [5.41, 5.74) is -0.935. The number of hydrogen-bond donors (Lipinski definition) is 0. The van der Waals surface area contributed by atoms with Gasteiger partial charge in [0.15, 0.2) is 0 Å². The van der Waals surface area contributed by atoms with Crippen LogP contribution in [0.25, 0.3) is 0 Å². The largest absolute Gasteiger partial charge is 0.493 e. The number of hydrogen-bond acceptors (Lipinski definition) is 6. The highest BCUT2D eigenvalue weighted by Gasteiger charge is 2.32. The van der Waals surface area contributed by atoms with Crippen LogP contribution in [0.5, 0.6) is 5.75 Å². The molecule has 0 saturated carbocycles. The Morgan fingerprint density at radius 3 is 2.68 bits per heavy atom. The normalized spacial score (nSPS) is 17.0. The van der Waals surface area contributed by atoms with Crippen molar-refractivity contribution in [1.82, 2.24) is 20.1 Å². The van der Waals surface area contributed by atoms with E-state index in [1.54, 1.807) is 6.92 Å². The van der Waals surface area contributed by atoms with E-state index in [0.29, 0.717) is 30.9 Å². The van der Waals surface area contributed by atoms with Gasteiger partial charge in [-0.15, -0.1) is 10.2 Å². The summed E-state index contributed by atoms with van der Waals surface area (Å²) in [6, 6.07) is 2.38. The number of pyridine rings is 1. The minimum absolute atomic E-state index is 0.200. The second-order valence-electron chi connectivity index (χ2n) is 6.12. The van der Waals surface area contributed by atoms with Gasteiger partial charge in [0, 0.05) is 19.2 Å². The zero-order valence-corrected chi connectivity index (χ0v) is 13.8. The van der Waals surface area contributed by atoms with Gasteiger partial charge in [0.25, 0.3) is 0 Å². The lowest BCUT2D eigenvalue weighted by Crippen LogP contribution is -2.35. The molecule has 0 spiro atoms. The van der Waals surface area contributed by atoms with Crippen LogP contribution in [0.15, 0.2) is 22.7 Å². The first kappa shape index (κ1) is 17.7. The maximum atomic E-state index is 12.6. The molecule has 1 aliphatic heterocycles. The number of nitrogens with zero attached hydrogens (tertiary/aromatic N) is 4. The molecule has 1 aliphatic rings. The predicted molar refractivity (Wildman–Crippen MR) is 81.8 cm³/mol. The van der Waals surface area contributed by atoms with Gasteiger partial charge in [-0.05, 0) is 37.9 Å². The van der Waals surface area contributed by atoms with Crippen molar-refractivity contribution in [2.75, 3.05) is 19.7 Å². The molecule has 2 aromatic heterocycles. The van der Waals surface area contributed by atoms with E-state index in [4.69, 9.17) is 9.15 Å².